The van der Waals surface area contributed by atoms with Crippen LogP contribution in [-0.4, -0.2) is 31.2 Å². The molecule has 0 rings (SSSR count). The van der Waals surface area contributed by atoms with Gasteiger partial charge in [0.05, 0.1) is 13.2 Å². The minimum atomic E-state index is -3.06. The normalized spacial score (nSPS) is 12.9. The number of allylic oxidation sites excluding steroid dienone is 1. The van der Waals surface area contributed by atoms with Crippen LogP contribution in [0.15, 0.2) is 11.5 Å². The summed E-state index contributed by atoms with van der Waals surface area (Å²) in [5.41, 5.74) is 0.940. The minimum absolute atomic E-state index is 0.388. The third-order valence-corrected chi connectivity index (χ3v) is 4.15. The van der Waals surface area contributed by atoms with Gasteiger partial charge in [-0.3, -0.25) is 4.57 Å². The molecule has 0 unspecified atom stereocenters. The van der Waals surface area contributed by atoms with Crippen LogP contribution in [0.4, 0.5) is 0 Å². The molecule has 0 aromatic heterocycles. The van der Waals surface area contributed by atoms with Crippen LogP contribution in [0.2, 0.25) is 0 Å². The van der Waals surface area contributed by atoms with E-state index in [9.17, 15) is 4.57 Å². The smallest absolute Gasteiger partial charge is 0.355 e. The summed E-state index contributed by atoms with van der Waals surface area (Å²) in [5.74, 6) is 1.62. The van der Waals surface area contributed by atoms with E-state index in [0.717, 1.165) is 18.8 Å². The van der Waals surface area contributed by atoms with E-state index in [0.29, 0.717) is 13.2 Å². The molecule has 0 saturated carbocycles. The van der Waals surface area contributed by atoms with Gasteiger partial charge < -0.3 is 13.9 Å². The average Bonchev–Trinajstić information content (AvgIpc) is 2.19. The summed E-state index contributed by atoms with van der Waals surface area (Å²) < 4.78 is 22.6. The van der Waals surface area contributed by atoms with Crippen LogP contribution in [0.3, 0.4) is 0 Å². The summed E-state index contributed by atoms with van der Waals surface area (Å²) >= 11 is 0. The monoisotopic (exact) mass is 249 g/mol. The van der Waals surface area contributed by atoms with Gasteiger partial charge in [-0.05, 0) is 34.6 Å². The van der Waals surface area contributed by atoms with E-state index in [2.05, 4.69) is 18.7 Å². The molecule has 0 aliphatic rings. The van der Waals surface area contributed by atoms with E-state index in [1.165, 1.54) is 0 Å². The lowest BCUT2D eigenvalue weighted by molar-refractivity contribution is 0.228. The Labute approximate surface area is 99.1 Å². The van der Waals surface area contributed by atoms with Crippen LogP contribution in [-0.2, 0) is 13.6 Å². The molecule has 0 saturated heterocycles. The summed E-state index contributed by atoms with van der Waals surface area (Å²) in [5, 5.41) is 0. The number of hydrogen-bond donors (Lipinski definition) is 0. The molecule has 0 heterocycles. The van der Waals surface area contributed by atoms with E-state index in [4.69, 9.17) is 9.05 Å². The van der Waals surface area contributed by atoms with Crippen molar-refractivity contribution in [1.82, 2.24) is 4.90 Å². The lowest BCUT2D eigenvalue weighted by Crippen LogP contribution is -2.20. The van der Waals surface area contributed by atoms with Crippen molar-refractivity contribution in [2.75, 3.05) is 26.3 Å². The van der Waals surface area contributed by atoms with E-state index in [1.807, 2.05) is 20.8 Å². The predicted octanol–water partition coefficient (Wildman–Crippen LogP) is 3.46. The second kappa shape index (κ2) is 7.88. The molecule has 0 spiro atoms. The van der Waals surface area contributed by atoms with Crippen molar-refractivity contribution in [1.29, 1.82) is 0 Å². The molecular formula is C11H24NO3P. The van der Waals surface area contributed by atoms with Gasteiger partial charge in [0, 0.05) is 24.6 Å². The van der Waals surface area contributed by atoms with Gasteiger partial charge >= 0.3 is 7.60 Å². The second-order valence-corrected chi connectivity index (χ2v) is 5.17. The van der Waals surface area contributed by atoms with Crippen molar-refractivity contribution in [2.45, 2.75) is 34.6 Å². The molecule has 0 amide bonds. The SMILES string of the molecule is CCOP(=O)(/C=C(\C)N(CC)CC)OCC. The molecule has 0 radical (unpaired) electrons. The Kier molecular flexibility index (Phi) is 7.73. The summed E-state index contributed by atoms with van der Waals surface area (Å²) in [6.07, 6.45) is 0. The molecule has 0 aromatic rings. The fraction of sp³-hybridized carbons (Fsp3) is 0.818. The van der Waals surface area contributed by atoms with Crippen molar-refractivity contribution >= 4 is 7.60 Å². The Morgan fingerprint density at radius 3 is 1.88 bits per heavy atom. The van der Waals surface area contributed by atoms with Gasteiger partial charge in [0.15, 0.2) is 0 Å². The van der Waals surface area contributed by atoms with Crippen LogP contribution in [0, 0.1) is 0 Å². The third-order valence-electron chi connectivity index (χ3n) is 2.23. The van der Waals surface area contributed by atoms with Crippen LogP contribution >= 0.6 is 7.60 Å². The topological polar surface area (TPSA) is 38.8 Å². The zero-order valence-electron chi connectivity index (χ0n) is 11.0. The fourth-order valence-electron chi connectivity index (χ4n) is 1.50. The van der Waals surface area contributed by atoms with Crippen LogP contribution in [0.25, 0.3) is 0 Å². The molecule has 0 N–H and O–H groups in total. The molecule has 0 atom stereocenters. The lowest BCUT2D eigenvalue weighted by atomic mass is 10.4. The molecule has 4 nitrogen and oxygen atoms in total. The van der Waals surface area contributed by atoms with Gasteiger partial charge in [0.1, 0.15) is 0 Å². The maximum Gasteiger partial charge on any atom is 0.355 e. The molecule has 5 heteroatoms. The highest BCUT2D eigenvalue weighted by Gasteiger charge is 2.21. The first-order chi connectivity index (χ1) is 7.52. The lowest BCUT2D eigenvalue weighted by Gasteiger charge is -2.23. The van der Waals surface area contributed by atoms with E-state index in [-0.39, 0.29) is 0 Å². The summed E-state index contributed by atoms with van der Waals surface area (Å²) in [6, 6.07) is 0. The standard InChI is InChI=1S/C11H24NO3P/c1-6-12(7-2)11(5)10-16(13,14-8-3)15-9-4/h10H,6-9H2,1-5H3/b11-10+. The van der Waals surface area contributed by atoms with Gasteiger partial charge in [-0.2, -0.15) is 0 Å². The average molecular weight is 249 g/mol. The molecule has 0 fully saturated rings. The Balaban J connectivity index is 4.82. The van der Waals surface area contributed by atoms with Crippen molar-refractivity contribution < 1.29 is 13.6 Å². The highest BCUT2D eigenvalue weighted by atomic mass is 31.2. The van der Waals surface area contributed by atoms with Gasteiger partial charge in [-0.25, -0.2) is 0 Å². The van der Waals surface area contributed by atoms with Gasteiger partial charge in [-0.15, -0.1) is 0 Å². The number of nitrogens with zero attached hydrogens (tertiary/aromatic N) is 1. The summed E-state index contributed by atoms with van der Waals surface area (Å²) in [6.45, 7) is 12.2. The Morgan fingerprint density at radius 1 is 1.12 bits per heavy atom. The van der Waals surface area contributed by atoms with Gasteiger partial charge in [0.2, 0.25) is 0 Å². The molecule has 0 aliphatic carbocycles. The van der Waals surface area contributed by atoms with Crippen LogP contribution in [0.5, 0.6) is 0 Å². The van der Waals surface area contributed by atoms with Crippen molar-refractivity contribution in [2.24, 2.45) is 0 Å². The molecule has 0 aliphatic heterocycles. The first kappa shape index (κ1) is 15.7. The number of hydrogen-bond acceptors (Lipinski definition) is 4. The second-order valence-electron chi connectivity index (χ2n) is 3.32. The third kappa shape index (κ3) is 5.15. The fourth-order valence-corrected chi connectivity index (χ4v) is 3.07. The van der Waals surface area contributed by atoms with E-state index >= 15 is 0 Å². The Hall–Kier alpha value is -0.310. The van der Waals surface area contributed by atoms with E-state index < -0.39 is 7.60 Å². The van der Waals surface area contributed by atoms with Gasteiger partial charge in [0.25, 0.3) is 0 Å². The molecular weight excluding hydrogens is 225 g/mol. The van der Waals surface area contributed by atoms with Crippen LogP contribution < -0.4 is 0 Å². The van der Waals surface area contributed by atoms with Gasteiger partial charge in [-0.1, -0.05) is 0 Å². The minimum Gasteiger partial charge on any atom is -0.375 e. The molecule has 96 valence electrons. The zero-order chi connectivity index (χ0) is 12.6. The molecule has 0 bridgehead atoms. The van der Waals surface area contributed by atoms with Crippen molar-refractivity contribution in [3.63, 3.8) is 0 Å². The maximum atomic E-state index is 12.2. The number of rotatable bonds is 8. The summed E-state index contributed by atoms with van der Waals surface area (Å²) in [7, 11) is -3.06. The maximum absolute atomic E-state index is 12.2. The largest absolute Gasteiger partial charge is 0.375 e. The summed E-state index contributed by atoms with van der Waals surface area (Å²) in [4.78, 5) is 2.12. The Morgan fingerprint density at radius 2 is 1.56 bits per heavy atom. The first-order valence-corrected chi connectivity index (χ1v) is 7.47. The molecule has 16 heavy (non-hydrogen) atoms. The van der Waals surface area contributed by atoms with Crippen molar-refractivity contribution in [3.8, 4) is 0 Å². The van der Waals surface area contributed by atoms with Crippen LogP contribution in [0.1, 0.15) is 34.6 Å². The Bertz CT molecular complexity index is 252. The quantitative estimate of drug-likeness (QED) is 0.617. The van der Waals surface area contributed by atoms with Crippen molar-refractivity contribution in [3.05, 3.63) is 11.5 Å². The zero-order valence-corrected chi connectivity index (χ0v) is 11.9. The molecule has 0 aromatic carbocycles. The predicted molar refractivity (Wildman–Crippen MR) is 67.5 cm³/mol. The highest BCUT2D eigenvalue weighted by Crippen LogP contribution is 2.50. The first-order valence-electron chi connectivity index (χ1n) is 5.86. The highest BCUT2D eigenvalue weighted by molar-refractivity contribution is 7.57. The van der Waals surface area contributed by atoms with E-state index in [1.54, 1.807) is 5.82 Å².